The van der Waals surface area contributed by atoms with Crippen molar-refractivity contribution in [3.05, 3.63) is 65.7 Å². The number of aryl methyl sites for hydroxylation is 1. The molecule has 0 unspecified atom stereocenters. The van der Waals surface area contributed by atoms with Crippen molar-refractivity contribution in [2.45, 2.75) is 43.7 Å². The topological polar surface area (TPSA) is 37.4 Å². The van der Waals surface area contributed by atoms with Crippen LogP contribution in [0.1, 0.15) is 36.9 Å². The van der Waals surface area contributed by atoms with Crippen molar-refractivity contribution in [3.8, 4) is 0 Å². The van der Waals surface area contributed by atoms with Crippen molar-refractivity contribution >= 4 is 9.84 Å². The largest absolute Gasteiger partial charge is 0.293 e. The van der Waals surface area contributed by atoms with Gasteiger partial charge in [-0.25, -0.2) is 8.42 Å². The third-order valence-electron chi connectivity index (χ3n) is 4.99. The molecule has 1 fully saturated rings. The molecule has 4 heteroatoms. The Bertz CT molecular complexity index is 769. The molecule has 1 aliphatic heterocycles. The predicted octanol–water partition coefficient (Wildman–Crippen LogP) is 3.99. The number of rotatable bonds is 5. The molecule has 0 N–H and O–H groups in total. The Balaban J connectivity index is 1.77. The van der Waals surface area contributed by atoms with Gasteiger partial charge in [0, 0.05) is 12.1 Å². The Labute approximate surface area is 145 Å². The fraction of sp³-hybridized carbons (Fsp3) is 0.400. The zero-order valence-electron chi connectivity index (χ0n) is 14.4. The Kier molecular flexibility index (Phi) is 5.07. The van der Waals surface area contributed by atoms with Gasteiger partial charge in [-0.05, 0) is 50.9 Å². The SMILES string of the molecule is Cc1ccc(S(=O)(=O)C[C@H]2CCCN2[C@H](C)c2ccccc2)cc1. The lowest BCUT2D eigenvalue weighted by molar-refractivity contribution is 0.206. The lowest BCUT2D eigenvalue weighted by Gasteiger charge is -2.31. The van der Waals surface area contributed by atoms with Crippen LogP contribution < -0.4 is 0 Å². The van der Waals surface area contributed by atoms with Crippen LogP contribution in [0.4, 0.5) is 0 Å². The van der Waals surface area contributed by atoms with Gasteiger partial charge in [0.25, 0.3) is 0 Å². The average Bonchev–Trinajstić information content (AvgIpc) is 3.02. The van der Waals surface area contributed by atoms with Gasteiger partial charge in [-0.3, -0.25) is 4.90 Å². The second-order valence-electron chi connectivity index (χ2n) is 6.72. The monoisotopic (exact) mass is 343 g/mol. The molecule has 1 saturated heterocycles. The first-order chi connectivity index (χ1) is 11.5. The van der Waals surface area contributed by atoms with Crippen LogP contribution in [0.5, 0.6) is 0 Å². The number of hydrogen-bond acceptors (Lipinski definition) is 3. The van der Waals surface area contributed by atoms with Crippen LogP contribution >= 0.6 is 0 Å². The molecular formula is C20H25NO2S. The highest BCUT2D eigenvalue weighted by Crippen LogP contribution is 2.30. The third kappa shape index (κ3) is 3.70. The van der Waals surface area contributed by atoms with E-state index in [1.54, 1.807) is 12.1 Å². The summed E-state index contributed by atoms with van der Waals surface area (Å²) in [5, 5.41) is 0. The number of sulfone groups is 1. The van der Waals surface area contributed by atoms with Crippen LogP contribution in [-0.2, 0) is 9.84 Å². The highest BCUT2D eigenvalue weighted by Gasteiger charge is 2.33. The van der Waals surface area contributed by atoms with Gasteiger partial charge < -0.3 is 0 Å². The van der Waals surface area contributed by atoms with Crippen molar-refractivity contribution in [1.29, 1.82) is 0 Å². The molecule has 2 aromatic carbocycles. The number of hydrogen-bond donors (Lipinski definition) is 0. The minimum atomic E-state index is -3.25. The van der Waals surface area contributed by atoms with E-state index in [0.29, 0.717) is 4.90 Å². The summed E-state index contributed by atoms with van der Waals surface area (Å²) in [4.78, 5) is 2.79. The maximum absolute atomic E-state index is 12.8. The molecule has 0 amide bonds. The molecule has 1 heterocycles. The van der Waals surface area contributed by atoms with E-state index in [0.717, 1.165) is 24.9 Å². The zero-order valence-corrected chi connectivity index (χ0v) is 15.2. The summed E-state index contributed by atoms with van der Waals surface area (Å²) >= 11 is 0. The molecule has 24 heavy (non-hydrogen) atoms. The lowest BCUT2D eigenvalue weighted by Crippen LogP contribution is -2.37. The summed E-state index contributed by atoms with van der Waals surface area (Å²) in [6.45, 7) is 5.10. The molecule has 0 saturated carbocycles. The van der Waals surface area contributed by atoms with Gasteiger partial charge in [0.05, 0.1) is 10.6 Å². The summed E-state index contributed by atoms with van der Waals surface area (Å²) in [6.07, 6.45) is 2.01. The molecule has 128 valence electrons. The van der Waals surface area contributed by atoms with E-state index in [4.69, 9.17) is 0 Å². The first-order valence-electron chi connectivity index (χ1n) is 8.57. The molecule has 3 rings (SSSR count). The molecule has 3 nitrogen and oxygen atoms in total. The van der Waals surface area contributed by atoms with Gasteiger partial charge in [-0.15, -0.1) is 0 Å². The quantitative estimate of drug-likeness (QED) is 0.823. The van der Waals surface area contributed by atoms with E-state index in [1.807, 2.05) is 37.3 Å². The average molecular weight is 343 g/mol. The second kappa shape index (κ2) is 7.08. The Morgan fingerprint density at radius 2 is 1.75 bits per heavy atom. The number of likely N-dealkylation sites (tertiary alicyclic amines) is 1. The second-order valence-corrected chi connectivity index (χ2v) is 8.75. The molecule has 2 aromatic rings. The smallest absolute Gasteiger partial charge is 0.179 e. The predicted molar refractivity (Wildman–Crippen MR) is 97.8 cm³/mol. The Morgan fingerprint density at radius 1 is 1.08 bits per heavy atom. The molecule has 0 aliphatic carbocycles. The van der Waals surface area contributed by atoms with Gasteiger partial charge in [-0.2, -0.15) is 0 Å². The van der Waals surface area contributed by atoms with E-state index in [2.05, 4.69) is 24.0 Å². The van der Waals surface area contributed by atoms with Crippen LogP contribution in [0.2, 0.25) is 0 Å². The summed E-state index contributed by atoms with van der Waals surface area (Å²) in [7, 11) is -3.25. The summed E-state index contributed by atoms with van der Waals surface area (Å²) in [5.74, 6) is 0.202. The fourth-order valence-corrected chi connectivity index (χ4v) is 5.17. The fourth-order valence-electron chi connectivity index (χ4n) is 3.56. The highest BCUT2D eigenvalue weighted by molar-refractivity contribution is 7.91. The van der Waals surface area contributed by atoms with Crippen LogP contribution in [0.3, 0.4) is 0 Å². The summed E-state index contributed by atoms with van der Waals surface area (Å²) in [6, 6.07) is 17.9. The lowest BCUT2D eigenvalue weighted by atomic mass is 10.1. The molecule has 0 aromatic heterocycles. The number of nitrogens with zero attached hydrogens (tertiary/aromatic N) is 1. The molecular weight excluding hydrogens is 318 g/mol. The molecule has 0 spiro atoms. The van der Waals surface area contributed by atoms with Crippen molar-refractivity contribution < 1.29 is 8.42 Å². The van der Waals surface area contributed by atoms with Crippen molar-refractivity contribution in [1.82, 2.24) is 4.90 Å². The zero-order chi connectivity index (χ0) is 17.2. The normalized spacial score (nSPS) is 20.2. The van der Waals surface area contributed by atoms with Gasteiger partial charge in [0.2, 0.25) is 0 Å². The standard InChI is InChI=1S/C20H25NO2S/c1-16-10-12-20(13-11-16)24(22,23)15-19-9-6-14-21(19)17(2)18-7-4-3-5-8-18/h3-5,7-8,10-13,17,19H,6,9,14-15H2,1-2H3/t17-,19-/m1/s1. The Morgan fingerprint density at radius 3 is 2.42 bits per heavy atom. The van der Waals surface area contributed by atoms with Crippen molar-refractivity contribution in [2.75, 3.05) is 12.3 Å². The molecule has 0 radical (unpaired) electrons. The van der Waals surface area contributed by atoms with Gasteiger partial charge in [-0.1, -0.05) is 48.0 Å². The highest BCUT2D eigenvalue weighted by atomic mass is 32.2. The molecule has 2 atom stereocenters. The summed E-state index contributed by atoms with van der Waals surface area (Å²) in [5.41, 5.74) is 2.33. The van der Waals surface area contributed by atoms with E-state index in [9.17, 15) is 8.42 Å². The van der Waals surface area contributed by atoms with Gasteiger partial charge >= 0.3 is 0 Å². The van der Waals surface area contributed by atoms with Crippen molar-refractivity contribution in [2.24, 2.45) is 0 Å². The van der Waals surface area contributed by atoms with Crippen LogP contribution in [0, 0.1) is 6.92 Å². The van der Waals surface area contributed by atoms with Gasteiger partial charge in [0.15, 0.2) is 9.84 Å². The van der Waals surface area contributed by atoms with Gasteiger partial charge in [0.1, 0.15) is 0 Å². The number of benzene rings is 2. The first kappa shape index (κ1) is 17.2. The van der Waals surface area contributed by atoms with E-state index in [1.165, 1.54) is 5.56 Å². The van der Waals surface area contributed by atoms with Crippen LogP contribution in [0.25, 0.3) is 0 Å². The summed E-state index contributed by atoms with van der Waals surface area (Å²) < 4.78 is 25.6. The third-order valence-corrected chi connectivity index (χ3v) is 6.81. The van der Waals surface area contributed by atoms with E-state index in [-0.39, 0.29) is 17.8 Å². The van der Waals surface area contributed by atoms with Crippen LogP contribution in [-0.4, -0.2) is 31.7 Å². The maximum atomic E-state index is 12.8. The molecule has 1 aliphatic rings. The van der Waals surface area contributed by atoms with Crippen LogP contribution in [0.15, 0.2) is 59.5 Å². The molecule has 0 bridgehead atoms. The maximum Gasteiger partial charge on any atom is 0.179 e. The van der Waals surface area contributed by atoms with Crippen molar-refractivity contribution in [3.63, 3.8) is 0 Å². The van der Waals surface area contributed by atoms with E-state index < -0.39 is 9.84 Å². The van der Waals surface area contributed by atoms with E-state index >= 15 is 0 Å². The minimum absolute atomic E-state index is 0.0894. The minimum Gasteiger partial charge on any atom is -0.293 e. The first-order valence-corrected chi connectivity index (χ1v) is 10.2. The Hall–Kier alpha value is -1.65.